The number of aromatic amines is 1. The van der Waals surface area contributed by atoms with Crippen molar-refractivity contribution in [3.05, 3.63) is 18.2 Å². The van der Waals surface area contributed by atoms with E-state index in [0.29, 0.717) is 0 Å². The van der Waals surface area contributed by atoms with Crippen molar-refractivity contribution in [2.24, 2.45) is 0 Å². The Kier molecular flexibility index (Phi) is 2.49. The number of rotatable bonds is 3. The Morgan fingerprint density at radius 1 is 1.47 bits per heavy atom. The van der Waals surface area contributed by atoms with Crippen LogP contribution in [0.3, 0.4) is 0 Å². The SMILES string of the molecule is CCCN(C)c1nc2ccc(N)cc2[nH]1. The minimum absolute atomic E-state index is 0.760. The van der Waals surface area contributed by atoms with Gasteiger partial charge in [-0.15, -0.1) is 0 Å². The number of benzene rings is 1. The first-order valence-corrected chi connectivity index (χ1v) is 5.17. The molecule has 0 aliphatic carbocycles. The molecule has 1 aromatic carbocycles. The fourth-order valence-corrected chi connectivity index (χ4v) is 1.64. The predicted molar refractivity (Wildman–Crippen MR) is 64.1 cm³/mol. The fourth-order valence-electron chi connectivity index (χ4n) is 1.64. The molecular formula is C11H16N4. The topological polar surface area (TPSA) is 57.9 Å². The lowest BCUT2D eigenvalue weighted by Gasteiger charge is -2.13. The summed E-state index contributed by atoms with van der Waals surface area (Å²) >= 11 is 0. The van der Waals surface area contributed by atoms with Gasteiger partial charge in [-0.25, -0.2) is 4.98 Å². The van der Waals surface area contributed by atoms with Gasteiger partial charge >= 0.3 is 0 Å². The van der Waals surface area contributed by atoms with Crippen LogP contribution in [0, 0.1) is 0 Å². The van der Waals surface area contributed by atoms with Crippen molar-refractivity contribution in [1.29, 1.82) is 0 Å². The van der Waals surface area contributed by atoms with Crippen molar-refractivity contribution < 1.29 is 0 Å². The van der Waals surface area contributed by atoms with Gasteiger partial charge < -0.3 is 15.6 Å². The largest absolute Gasteiger partial charge is 0.399 e. The molecule has 0 aliphatic heterocycles. The quantitative estimate of drug-likeness (QED) is 0.752. The Labute approximate surface area is 89.1 Å². The second-order valence-electron chi connectivity index (χ2n) is 3.76. The summed E-state index contributed by atoms with van der Waals surface area (Å²) in [6.07, 6.45) is 1.11. The molecule has 80 valence electrons. The monoisotopic (exact) mass is 204 g/mol. The third-order valence-corrected chi connectivity index (χ3v) is 2.41. The maximum atomic E-state index is 5.71. The van der Waals surface area contributed by atoms with Gasteiger partial charge in [-0.05, 0) is 24.6 Å². The molecule has 3 N–H and O–H groups in total. The lowest BCUT2D eigenvalue weighted by Crippen LogP contribution is -2.18. The molecule has 4 heteroatoms. The molecule has 1 heterocycles. The molecule has 0 fully saturated rings. The van der Waals surface area contributed by atoms with E-state index in [0.717, 1.165) is 35.6 Å². The highest BCUT2D eigenvalue weighted by Crippen LogP contribution is 2.18. The summed E-state index contributed by atoms with van der Waals surface area (Å²) in [5, 5.41) is 0. The van der Waals surface area contributed by atoms with Crippen molar-refractivity contribution >= 4 is 22.7 Å². The average Bonchev–Trinajstić information content (AvgIpc) is 2.60. The lowest BCUT2D eigenvalue weighted by atomic mass is 10.3. The number of nitrogens with two attached hydrogens (primary N) is 1. The van der Waals surface area contributed by atoms with Gasteiger partial charge in [-0.1, -0.05) is 6.92 Å². The second kappa shape index (κ2) is 3.81. The zero-order valence-corrected chi connectivity index (χ0v) is 9.12. The number of aromatic nitrogens is 2. The van der Waals surface area contributed by atoms with Gasteiger partial charge in [-0.2, -0.15) is 0 Å². The van der Waals surface area contributed by atoms with E-state index >= 15 is 0 Å². The molecule has 0 unspecified atom stereocenters. The molecule has 0 aliphatic rings. The summed E-state index contributed by atoms with van der Waals surface area (Å²) in [6, 6.07) is 5.71. The third kappa shape index (κ3) is 1.88. The van der Waals surface area contributed by atoms with Crippen molar-refractivity contribution in [2.45, 2.75) is 13.3 Å². The van der Waals surface area contributed by atoms with Crippen LogP contribution in [0.15, 0.2) is 18.2 Å². The van der Waals surface area contributed by atoms with Crippen molar-refractivity contribution in [1.82, 2.24) is 9.97 Å². The molecule has 1 aromatic heterocycles. The maximum Gasteiger partial charge on any atom is 0.203 e. The van der Waals surface area contributed by atoms with Gasteiger partial charge in [0.25, 0.3) is 0 Å². The van der Waals surface area contributed by atoms with Crippen LogP contribution < -0.4 is 10.6 Å². The maximum absolute atomic E-state index is 5.71. The summed E-state index contributed by atoms with van der Waals surface area (Å²) in [7, 11) is 2.03. The highest BCUT2D eigenvalue weighted by molar-refractivity contribution is 5.80. The lowest BCUT2D eigenvalue weighted by molar-refractivity contribution is 0.829. The normalized spacial score (nSPS) is 10.8. The van der Waals surface area contributed by atoms with Gasteiger partial charge in [0.15, 0.2) is 0 Å². The summed E-state index contributed by atoms with van der Waals surface area (Å²) in [5.74, 6) is 0.900. The zero-order chi connectivity index (χ0) is 10.8. The molecule has 0 atom stereocenters. The number of hydrogen-bond donors (Lipinski definition) is 2. The predicted octanol–water partition coefficient (Wildman–Crippen LogP) is 1.99. The number of hydrogen-bond acceptors (Lipinski definition) is 3. The first-order valence-electron chi connectivity index (χ1n) is 5.17. The van der Waals surface area contributed by atoms with Gasteiger partial charge in [0.2, 0.25) is 5.95 Å². The molecule has 4 nitrogen and oxygen atoms in total. The van der Waals surface area contributed by atoms with E-state index < -0.39 is 0 Å². The second-order valence-corrected chi connectivity index (χ2v) is 3.76. The molecule has 0 radical (unpaired) electrons. The van der Waals surface area contributed by atoms with E-state index in [4.69, 9.17) is 5.73 Å². The Balaban J connectivity index is 2.38. The van der Waals surface area contributed by atoms with Crippen LogP contribution >= 0.6 is 0 Å². The first-order chi connectivity index (χ1) is 7.20. The molecule has 2 rings (SSSR count). The fraction of sp³-hybridized carbons (Fsp3) is 0.364. The van der Waals surface area contributed by atoms with E-state index in [2.05, 4.69) is 21.8 Å². The van der Waals surface area contributed by atoms with E-state index in [-0.39, 0.29) is 0 Å². The molecule has 0 saturated carbocycles. The number of nitrogen functional groups attached to an aromatic ring is 1. The van der Waals surface area contributed by atoms with Crippen molar-refractivity contribution in [2.75, 3.05) is 24.2 Å². The highest BCUT2D eigenvalue weighted by Gasteiger charge is 2.06. The highest BCUT2D eigenvalue weighted by atomic mass is 15.2. The third-order valence-electron chi connectivity index (χ3n) is 2.41. The van der Waals surface area contributed by atoms with Crippen molar-refractivity contribution in [3.63, 3.8) is 0 Å². The number of anilines is 2. The number of imidazole rings is 1. The molecule has 0 spiro atoms. The molecule has 2 aromatic rings. The first kappa shape index (κ1) is 9.83. The van der Waals surface area contributed by atoms with Gasteiger partial charge in [0, 0.05) is 19.3 Å². The molecular weight excluding hydrogens is 188 g/mol. The average molecular weight is 204 g/mol. The van der Waals surface area contributed by atoms with E-state index in [1.807, 2.05) is 25.2 Å². The van der Waals surface area contributed by atoms with Gasteiger partial charge in [0.05, 0.1) is 11.0 Å². The summed E-state index contributed by atoms with van der Waals surface area (Å²) < 4.78 is 0. The molecule has 15 heavy (non-hydrogen) atoms. The van der Waals surface area contributed by atoms with Crippen molar-refractivity contribution in [3.8, 4) is 0 Å². The number of nitrogens with zero attached hydrogens (tertiary/aromatic N) is 2. The van der Waals surface area contributed by atoms with Crippen LogP contribution in [0.25, 0.3) is 11.0 Å². The van der Waals surface area contributed by atoms with Crippen LogP contribution in [0.5, 0.6) is 0 Å². The van der Waals surface area contributed by atoms with E-state index in [9.17, 15) is 0 Å². The zero-order valence-electron chi connectivity index (χ0n) is 9.12. The Morgan fingerprint density at radius 2 is 2.27 bits per heavy atom. The van der Waals surface area contributed by atoms with E-state index in [1.165, 1.54) is 0 Å². The molecule has 0 saturated heterocycles. The summed E-state index contributed by atoms with van der Waals surface area (Å²) in [6.45, 7) is 3.15. The molecule has 0 amide bonds. The Morgan fingerprint density at radius 3 is 3.00 bits per heavy atom. The standard InChI is InChI=1S/C11H16N4/c1-3-6-15(2)11-13-9-5-4-8(12)7-10(9)14-11/h4-5,7H,3,6,12H2,1-2H3,(H,13,14). The Bertz CT molecular complexity index is 461. The summed E-state index contributed by atoms with van der Waals surface area (Å²) in [5.41, 5.74) is 8.42. The number of H-pyrrole nitrogens is 1. The number of fused-ring (bicyclic) bond motifs is 1. The van der Waals surface area contributed by atoms with E-state index in [1.54, 1.807) is 0 Å². The Hall–Kier alpha value is -1.71. The summed E-state index contributed by atoms with van der Waals surface area (Å²) in [4.78, 5) is 9.85. The molecule has 0 bridgehead atoms. The number of nitrogens with one attached hydrogen (secondary N) is 1. The minimum atomic E-state index is 0.760. The van der Waals surface area contributed by atoms with Crippen LogP contribution in [-0.4, -0.2) is 23.6 Å². The van der Waals surface area contributed by atoms with Crippen LogP contribution in [-0.2, 0) is 0 Å². The van der Waals surface area contributed by atoms with Crippen LogP contribution in [0.2, 0.25) is 0 Å². The van der Waals surface area contributed by atoms with Crippen LogP contribution in [0.4, 0.5) is 11.6 Å². The van der Waals surface area contributed by atoms with Gasteiger partial charge in [-0.3, -0.25) is 0 Å². The van der Waals surface area contributed by atoms with Gasteiger partial charge in [0.1, 0.15) is 0 Å². The van der Waals surface area contributed by atoms with Crippen LogP contribution in [0.1, 0.15) is 13.3 Å². The smallest absolute Gasteiger partial charge is 0.203 e. The minimum Gasteiger partial charge on any atom is -0.399 e.